The van der Waals surface area contributed by atoms with Crippen LogP contribution in [-0.2, 0) is 4.79 Å². The van der Waals surface area contributed by atoms with Gasteiger partial charge in [-0.25, -0.2) is 0 Å². The van der Waals surface area contributed by atoms with E-state index in [9.17, 15) is 4.79 Å². The molecule has 5 heteroatoms. The molecule has 0 saturated heterocycles. The monoisotopic (exact) mass is 215 g/mol. The van der Waals surface area contributed by atoms with Crippen LogP contribution in [0.4, 0.5) is 0 Å². The fraction of sp³-hybridized carbons (Fsp3) is 0.250. The molecule has 0 radical (unpaired) electrons. The number of aliphatic carboxylic acids is 1. The highest BCUT2D eigenvalue weighted by molar-refractivity contribution is 8.76. The molecule has 0 saturated carbocycles. The fourth-order valence-electron chi connectivity index (χ4n) is 0.632. The number of nitrogens with zero attached hydrogens (tertiary/aromatic N) is 1. The van der Waals surface area contributed by atoms with E-state index in [0.717, 1.165) is 4.90 Å². The Hall–Kier alpha value is -0.680. The van der Waals surface area contributed by atoms with Gasteiger partial charge in [0, 0.05) is 23.0 Å². The van der Waals surface area contributed by atoms with Gasteiger partial charge in [0.2, 0.25) is 0 Å². The smallest absolute Gasteiger partial charge is 0.304 e. The van der Waals surface area contributed by atoms with Crippen LogP contribution in [0.3, 0.4) is 0 Å². The Balaban J connectivity index is 2.17. The largest absolute Gasteiger partial charge is 0.481 e. The standard InChI is InChI=1S/C8H9NO2S2/c10-8(11)3-6-12-13-7-1-4-9-5-2-7/h1-2,4-5H,3,6H2,(H,10,11). The molecule has 0 amide bonds. The maximum Gasteiger partial charge on any atom is 0.304 e. The number of carboxylic acid groups (broad SMARTS) is 1. The minimum absolute atomic E-state index is 0.211. The molecule has 1 N–H and O–H groups in total. The first-order chi connectivity index (χ1) is 6.29. The Kier molecular flexibility index (Phi) is 4.70. The zero-order chi connectivity index (χ0) is 9.52. The highest BCUT2D eigenvalue weighted by atomic mass is 33.1. The molecule has 1 aromatic heterocycles. The van der Waals surface area contributed by atoms with Crippen molar-refractivity contribution in [3.05, 3.63) is 24.5 Å². The first-order valence-electron chi connectivity index (χ1n) is 3.70. The van der Waals surface area contributed by atoms with Gasteiger partial charge in [-0.1, -0.05) is 21.6 Å². The molecule has 0 bridgehead atoms. The van der Waals surface area contributed by atoms with Gasteiger partial charge in [0.1, 0.15) is 0 Å². The minimum Gasteiger partial charge on any atom is -0.481 e. The summed E-state index contributed by atoms with van der Waals surface area (Å²) in [7, 11) is 3.12. The number of carbonyl (C=O) groups is 1. The molecule has 0 aliphatic heterocycles. The Labute approximate surface area is 84.3 Å². The second-order valence-electron chi connectivity index (χ2n) is 2.23. The van der Waals surface area contributed by atoms with Crippen molar-refractivity contribution in [3.8, 4) is 0 Å². The van der Waals surface area contributed by atoms with Crippen LogP contribution >= 0.6 is 21.6 Å². The van der Waals surface area contributed by atoms with E-state index in [2.05, 4.69) is 4.98 Å². The van der Waals surface area contributed by atoms with Gasteiger partial charge in [0.05, 0.1) is 6.42 Å². The van der Waals surface area contributed by atoms with Crippen LogP contribution in [0, 0.1) is 0 Å². The van der Waals surface area contributed by atoms with Crippen LogP contribution in [0.15, 0.2) is 29.4 Å². The molecule has 0 aliphatic carbocycles. The molecular formula is C8H9NO2S2. The Bertz CT molecular complexity index is 266. The summed E-state index contributed by atoms with van der Waals surface area (Å²) in [6, 6.07) is 3.80. The maximum absolute atomic E-state index is 10.2. The van der Waals surface area contributed by atoms with Crippen molar-refractivity contribution in [1.82, 2.24) is 4.98 Å². The zero-order valence-corrected chi connectivity index (χ0v) is 8.48. The van der Waals surface area contributed by atoms with Crippen LogP contribution in [0.5, 0.6) is 0 Å². The molecule has 0 spiro atoms. The van der Waals surface area contributed by atoms with Gasteiger partial charge in [-0.3, -0.25) is 9.78 Å². The quantitative estimate of drug-likeness (QED) is 0.603. The molecule has 1 aromatic rings. The average Bonchev–Trinajstić information content (AvgIpc) is 2.14. The van der Waals surface area contributed by atoms with Gasteiger partial charge in [-0.05, 0) is 12.1 Å². The zero-order valence-electron chi connectivity index (χ0n) is 6.84. The van der Waals surface area contributed by atoms with E-state index in [-0.39, 0.29) is 6.42 Å². The number of rotatable bonds is 5. The summed E-state index contributed by atoms with van der Waals surface area (Å²) in [4.78, 5) is 15.2. The lowest BCUT2D eigenvalue weighted by Gasteiger charge is -1.97. The topological polar surface area (TPSA) is 50.2 Å². The average molecular weight is 215 g/mol. The molecule has 13 heavy (non-hydrogen) atoms. The Morgan fingerprint density at radius 2 is 2.15 bits per heavy atom. The highest BCUT2D eigenvalue weighted by Gasteiger charge is 1.97. The van der Waals surface area contributed by atoms with E-state index in [1.807, 2.05) is 12.1 Å². The Morgan fingerprint density at radius 3 is 2.77 bits per heavy atom. The molecule has 0 aliphatic rings. The van der Waals surface area contributed by atoms with Crippen LogP contribution < -0.4 is 0 Å². The molecule has 70 valence electrons. The third kappa shape index (κ3) is 4.80. The maximum atomic E-state index is 10.2. The van der Waals surface area contributed by atoms with Crippen molar-refractivity contribution in [2.24, 2.45) is 0 Å². The predicted molar refractivity (Wildman–Crippen MR) is 54.8 cm³/mol. The number of carboxylic acids is 1. The number of aromatic nitrogens is 1. The summed E-state index contributed by atoms with van der Waals surface area (Å²) >= 11 is 0. The summed E-state index contributed by atoms with van der Waals surface area (Å²) in [6.45, 7) is 0. The second kappa shape index (κ2) is 5.88. The molecule has 3 nitrogen and oxygen atoms in total. The van der Waals surface area contributed by atoms with E-state index >= 15 is 0 Å². The molecule has 0 atom stereocenters. The number of hydrogen-bond acceptors (Lipinski definition) is 4. The molecule has 1 rings (SSSR count). The minimum atomic E-state index is -0.747. The van der Waals surface area contributed by atoms with Crippen LogP contribution in [0.25, 0.3) is 0 Å². The first-order valence-corrected chi connectivity index (χ1v) is 6.02. The van der Waals surface area contributed by atoms with Crippen molar-refractivity contribution in [2.75, 3.05) is 5.75 Å². The van der Waals surface area contributed by atoms with Crippen LogP contribution in [0.1, 0.15) is 6.42 Å². The molecular weight excluding hydrogens is 206 g/mol. The molecule has 0 unspecified atom stereocenters. The predicted octanol–water partition coefficient (Wildman–Crippen LogP) is 2.30. The van der Waals surface area contributed by atoms with Crippen LogP contribution in [0.2, 0.25) is 0 Å². The van der Waals surface area contributed by atoms with Gasteiger partial charge in [-0.15, -0.1) is 0 Å². The van der Waals surface area contributed by atoms with Crippen molar-refractivity contribution in [2.45, 2.75) is 11.3 Å². The Morgan fingerprint density at radius 1 is 1.46 bits per heavy atom. The highest BCUT2D eigenvalue weighted by Crippen LogP contribution is 2.30. The van der Waals surface area contributed by atoms with Gasteiger partial charge < -0.3 is 5.11 Å². The van der Waals surface area contributed by atoms with E-state index in [1.165, 1.54) is 0 Å². The first kappa shape index (κ1) is 10.4. The van der Waals surface area contributed by atoms with E-state index in [0.29, 0.717) is 5.75 Å². The lowest BCUT2D eigenvalue weighted by Crippen LogP contribution is -1.94. The number of hydrogen-bond donors (Lipinski definition) is 1. The van der Waals surface area contributed by atoms with Crippen molar-refractivity contribution in [3.63, 3.8) is 0 Å². The van der Waals surface area contributed by atoms with E-state index < -0.39 is 5.97 Å². The summed E-state index contributed by atoms with van der Waals surface area (Å²) in [5, 5.41) is 8.38. The van der Waals surface area contributed by atoms with Crippen LogP contribution in [-0.4, -0.2) is 21.8 Å². The summed E-state index contributed by atoms with van der Waals surface area (Å²) in [6.07, 6.45) is 3.66. The lowest BCUT2D eigenvalue weighted by atomic mass is 10.5. The van der Waals surface area contributed by atoms with Gasteiger partial charge in [-0.2, -0.15) is 0 Å². The van der Waals surface area contributed by atoms with Gasteiger partial charge in [0.15, 0.2) is 0 Å². The van der Waals surface area contributed by atoms with E-state index in [4.69, 9.17) is 5.11 Å². The molecule has 0 aromatic carbocycles. The SMILES string of the molecule is O=C(O)CCSSc1ccncc1. The molecule has 0 fully saturated rings. The third-order valence-electron chi connectivity index (χ3n) is 1.20. The van der Waals surface area contributed by atoms with Gasteiger partial charge in [0.25, 0.3) is 0 Å². The van der Waals surface area contributed by atoms with Gasteiger partial charge >= 0.3 is 5.97 Å². The molecule has 1 heterocycles. The summed E-state index contributed by atoms with van der Waals surface area (Å²) in [5.74, 6) is -0.120. The summed E-state index contributed by atoms with van der Waals surface area (Å²) in [5.41, 5.74) is 0. The van der Waals surface area contributed by atoms with E-state index in [1.54, 1.807) is 34.0 Å². The summed E-state index contributed by atoms with van der Waals surface area (Å²) < 4.78 is 0. The fourth-order valence-corrected chi connectivity index (χ4v) is 2.58. The number of pyridine rings is 1. The van der Waals surface area contributed by atoms with Crippen molar-refractivity contribution < 1.29 is 9.90 Å². The second-order valence-corrected chi connectivity index (χ2v) is 4.72. The third-order valence-corrected chi connectivity index (χ3v) is 3.59. The lowest BCUT2D eigenvalue weighted by molar-refractivity contribution is -0.136. The van der Waals surface area contributed by atoms with Crippen molar-refractivity contribution in [1.29, 1.82) is 0 Å². The normalized spacial score (nSPS) is 9.85. The van der Waals surface area contributed by atoms with Crippen molar-refractivity contribution >= 4 is 27.6 Å².